The number of pyridine rings is 1. The van der Waals surface area contributed by atoms with Crippen molar-refractivity contribution in [3.63, 3.8) is 0 Å². The summed E-state index contributed by atoms with van der Waals surface area (Å²) in [6, 6.07) is 23.6. The zero-order valence-electron chi connectivity index (χ0n) is 14.5. The largest absolute Gasteiger partial charge is 0.444 e. The van der Waals surface area contributed by atoms with Crippen LogP contribution in [0.1, 0.15) is 16.8 Å². The predicted octanol–water partition coefficient (Wildman–Crippen LogP) is 5.43. The van der Waals surface area contributed by atoms with Crippen LogP contribution < -0.4 is 5.32 Å². The number of benzene rings is 2. The molecule has 0 unspecified atom stereocenters. The number of nitrogens with zero attached hydrogens (tertiary/aromatic N) is 1. The van der Waals surface area contributed by atoms with Gasteiger partial charge in [0, 0.05) is 10.6 Å². The fourth-order valence-electron chi connectivity index (χ4n) is 2.37. The number of amides is 1. The Bertz CT molecular complexity index is 854. The summed E-state index contributed by atoms with van der Waals surface area (Å²) in [4.78, 5) is 17.5. The number of hydrogen-bond donors (Lipinski definition) is 1. The standard InChI is InChI=1S/C21H20N2O2S/c1-16-19(26-15-18-10-6-3-7-11-18)12-13-20(22-16)23-21(24)25-14-17-8-4-2-5-9-17/h2-13H,14-15H2,1H3,(H,22,23,24). The molecule has 2 aromatic carbocycles. The number of hydrogen-bond acceptors (Lipinski definition) is 4. The van der Waals surface area contributed by atoms with Crippen molar-refractivity contribution in [1.29, 1.82) is 0 Å². The van der Waals surface area contributed by atoms with Gasteiger partial charge in [-0.2, -0.15) is 0 Å². The lowest BCUT2D eigenvalue weighted by Gasteiger charge is -2.09. The molecule has 26 heavy (non-hydrogen) atoms. The lowest BCUT2D eigenvalue weighted by Crippen LogP contribution is -2.14. The van der Waals surface area contributed by atoms with Gasteiger partial charge in [0.05, 0.1) is 5.69 Å². The highest BCUT2D eigenvalue weighted by Gasteiger charge is 2.07. The molecule has 0 aliphatic heterocycles. The number of carbonyl (C=O) groups is 1. The van der Waals surface area contributed by atoms with Gasteiger partial charge >= 0.3 is 6.09 Å². The maximum atomic E-state index is 11.9. The summed E-state index contributed by atoms with van der Waals surface area (Å²) in [5.41, 5.74) is 3.09. The van der Waals surface area contributed by atoms with Gasteiger partial charge in [-0.3, -0.25) is 5.32 Å². The van der Waals surface area contributed by atoms with Gasteiger partial charge in [-0.1, -0.05) is 60.7 Å². The highest BCUT2D eigenvalue weighted by atomic mass is 32.2. The smallest absolute Gasteiger partial charge is 0.413 e. The van der Waals surface area contributed by atoms with Crippen LogP contribution in [-0.2, 0) is 17.1 Å². The molecule has 0 atom stereocenters. The Labute approximate surface area is 157 Å². The van der Waals surface area contributed by atoms with Gasteiger partial charge in [0.1, 0.15) is 12.4 Å². The van der Waals surface area contributed by atoms with E-state index in [9.17, 15) is 4.79 Å². The van der Waals surface area contributed by atoms with Crippen LogP contribution in [0.2, 0.25) is 0 Å². The molecule has 1 N–H and O–H groups in total. The van der Waals surface area contributed by atoms with Crippen LogP contribution in [0.4, 0.5) is 10.6 Å². The first-order valence-corrected chi connectivity index (χ1v) is 9.31. The average Bonchev–Trinajstić information content (AvgIpc) is 2.67. The van der Waals surface area contributed by atoms with Crippen molar-refractivity contribution in [3.8, 4) is 0 Å². The van der Waals surface area contributed by atoms with Crippen LogP contribution in [0, 0.1) is 6.92 Å². The molecule has 4 nitrogen and oxygen atoms in total. The molecule has 0 saturated carbocycles. The number of ether oxygens (including phenoxy) is 1. The second-order valence-corrected chi connectivity index (χ2v) is 6.76. The highest BCUT2D eigenvalue weighted by molar-refractivity contribution is 7.98. The molecular formula is C21H20N2O2S. The van der Waals surface area contributed by atoms with Gasteiger partial charge in [0.15, 0.2) is 0 Å². The third-order valence-electron chi connectivity index (χ3n) is 3.72. The molecule has 0 aliphatic carbocycles. The molecule has 0 bridgehead atoms. The lowest BCUT2D eigenvalue weighted by atomic mass is 10.2. The molecule has 0 saturated heterocycles. The first-order chi connectivity index (χ1) is 12.7. The van der Waals surface area contributed by atoms with Crippen molar-refractivity contribution < 1.29 is 9.53 Å². The van der Waals surface area contributed by atoms with E-state index in [-0.39, 0.29) is 6.61 Å². The molecule has 132 valence electrons. The van der Waals surface area contributed by atoms with Crippen molar-refractivity contribution in [2.45, 2.75) is 24.2 Å². The van der Waals surface area contributed by atoms with Crippen molar-refractivity contribution in [2.24, 2.45) is 0 Å². The van der Waals surface area contributed by atoms with E-state index in [4.69, 9.17) is 4.74 Å². The Morgan fingerprint density at radius 3 is 2.27 bits per heavy atom. The number of anilines is 1. The molecule has 3 aromatic rings. The van der Waals surface area contributed by atoms with E-state index >= 15 is 0 Å². The fourth-order valence-corrected chi connectivity index (χ4v) is 3.30. The SMILES string of the molecule is Cc1nc(NC(=O)OCc2ccccc2)ccc1SCc1ccccc1. The van der Waals surface area contributed by atoms with Gasteiger partial charge < -0.3 is 4.74 Å². The number of aromatic nitrogens is 1. The quantitative estimate of drug-likeness (QED) is 0.593. The van der Waals surface area contributed by atoms with Crippen LogP contribution in [0.5, 0.6) is 0 Å². The van der Waals surface area contributed by atoms with E-state index in [1.54, 1.807) is 17.8 Å². The first-order valence-electron chi connectivity index (χ1n) is 8.33. The molecule has 0 fully saturated rings. The fraction of sp³-hybridized carbons (Fsp3) is 0.143. The molecule has 0 spiro atoms. The maximum Gasteiger partial charge on any atom is 0.413 e. The van der Waals surface area contributed by atoms with E-state index in [1.807, 2.05) is 61.5 Å². The molecule has 0 aliphatic rings. The summed E-state index contributed by atoms with van der Waals surface area (Å²) in [5.74, 6) is 1.37. The summed E-state index contributed by atoms with van der Waals surface area (Å²) in [6.45, 7) is 2.17. The highest BCUT2D eigenvalue weighted by Crippen LogP contribution is 2.26. The Balaban J connectivity index is 1.52. The van der Waals surface area contributed by atoms with Crippen molar-refractivity contribution in [3.05, 3.63) is 89.6 Å². The van der Waals surface area contributed by atoms with E-state index in [1.165, 1.54) is 5.56 Å². The molecule has 1 aromatic heterocycles. The maximum absolute atomic E-state index is 11.9. The lowest BCUT2D eigenvalue weighted by molar-refractivity contribution is 0.155. The number of nitrogens with one attached hydrogen (secondary N) is 1. The number of thioether (sulfide) groups is 1. The molecule has 1 heterocycles. The summed E-state index contributed by atoms with van der Waals surface area (Å²) in [6.07, 6.45) is -0.509. The van der Waals surface area contributed by atoms with E-state index in [0.717, 1.165) is 21.9 Å². The van der Waals surface area contributed by atoms with E-state index < -0.39 is 6.09 Å². The van der Waals surface area contributed by atoms with Crippen LogP contribution in [0.25, 0.3) is 0 Å². The molecule has 1 amide bonds. The Kier molecular flexibility index (Phi) is 6.28. The van der Waals surface area contributed by atoms with Crippen molar-refractivity contribution >= 4 is 23.7 Å². The Morgan fingerprint density at radius 1 is 0.962 bits per heavy atom. The number of rotatable bonds is 6. The molecular weight excluding hydrogens is 344 g/mol. The number of carbonyl (C=O) groups excluding carboxylic acids is 1. The van der Waals surface area contributed by atoms with Gasteiger partial charge in [0.25, 0.3) is 0 Å². The minimum atomic E-state index is -0.509. The Morgan fingerprint density at radius 2 is 1.62 bits per heavy atom. The molecule has 5 heteroatoms. The second-order valence-electron chi connectivity index (χ2n) is 5.74. The third kappa shape index (κ3) is 5.36. The van der Waals surface area contributed by atoms with Gasteiger partial charge in [-0.05, 0) is 30.2 Å². The summed E-state index contributed by atoms with van der Waals surface area (Å²) < 4.78 is 5.21. The average molecular weight is 364 g/mol. The van der Waals surface area contributed by atoms with Crippen LogP contribution in [-0.4, -0.2) is 11.1 Å². The zero-order chi connectivity index (χ0) is 18.2. The first kappa shape index (κ1) is 18.0. The summed E-state index contributed by atoms with van der Waals surface area (Å²) >= 11 is 1.73. The van der Waals surface area contributed by atoms with Crippen molar-refractivity contribution in [2.75, 3.05) is 5.32 Å². The second kappa shape index (κ2) is 9.06. The molecule has 3 rings (SSSR count). The van der Waals surface area contributed by atoms with Gasteiger partial charge in [0.2, 0.25) is 0 Å². The third-order valence-corrected chi connectivity index (χ3v) is 4.94. The monoisotopic (exact) mass is 364 g/mol. The number of aryl methyl sites for hydroxylation is 1. The summed E-state index contributed by atoms with van der Waals surface area (Å²) in [5, 5.41) is 2.67. The van der Waals surface area contributed by atoms with Crippen LogP contribution >= 0.6 is 11.8 Å². The topological polar surface area (TPSA) is 51.2 Å². The Hall–Kier alpha value is -2.79. The normalized spacial score (nSPS) is 10.3. The predicted molar refractivity (Wildman–Crippen MR) is 105 cm³/mol. The summed E-state index contributed by atoms with van der Waals surface area (Å²) in [7, 11) is 0. The van der Waals surface area contributed by atoms with E-state index in [2.05, 4.69) is 22.4 Å². The zero-order valence-corrected chi connectivity index (χ0v) is 15.3. The molecule has 0 radical (unpaired) electrons. The minimum absolute atomic E-state index is 0.233. The minimum Gasteiger partial charge on any atom is -0.444 e. The van der Waals surface area contributed by atoms with Crippen LogP contribution in [0.15, 0.2) is 77.7 Å². The van der Waals surface area contributed by atoms with Gasteiger partial charge in [-0.15, -0.1) is 11.8 Å². The van der Waals surface area contributed by atoms with Gasteiger partial charge in [-0.25, -0.2) is 9.78 Å². The van der Waals surface area contributed by atoms with Crippen LogP contribution in [0.3, 0.4) is 0 Å². The van der Waals surface area contributed by atoms with Crippen molar-refractivity contribution in [1.82, 2.24) is 4.98 Å². The van der Waals surface area contributed by atoms with E-state index in [0.29, 0.717) is 5.82 Å².